The molecule has 9 nitrogen and oxygen atoms in total. The second-order valence-corrected chi connectivity index (χ2v) is 10.1. The molecule has 1 atom stereocenters. The first-order chi connectivity index (χ1) is 16.7. The van der Waals surface area contributed by atoms with E-state index in [1.807, 2.05) is 48.5 Å². The Morgan fingerprint density at radius 1 is 0.971 bits per heavy atom. The van der Waals surface area contributed by atoms with E-state index in [1.54, 1.807) is 7.11 Å². The minimum absolute atomic E-state index is 0.272. The van der Waals surface area contributed by atoms with Crippen LogP contribution in [0.3, 0.4) is 0 Å². The van der Waals surface area contributed by atoms with Gasteiger partial charge in [0.1, 0.15) is 24.1 Å². The van der Waals surface area contributed by atoms with Gasteiger partial charge in [-0.05, 0) is 65.7 Å². The molecule has 186 valence electrons. The molecule has 3 aromatic rings. The second-order valence-electron chi connectivity index (χ2n) is 8.40. The highest BCUT2D eigenvalue weighted by atomic mass is 32.2. The summed E-state index contributed by atoms with van der Waals surface area (Å²) in [7, 11) is -2.19. The van der Waals surface area contributed by atoms with Crippen molar-refractivity contribution in [1.29, 1.82) is 0 Å². The number of nitrogens with zero attached hydrogens (tertiary/aromatic N) is 2. The van der Waals surface area contributed by atoms with E-state index in [9.17, 15) is 13.2 Å². The van der Waals surface area contributed by atoms with Gasteiger partial charge in [0.15, 0.2) is 0 Å². The van der Waals surface area contributed by atoms with Crippen molar-refractivity contribution in [3.05, 3.63) is 66.2 Å². The van der Waals surface area contributed by atoms with Crippen molar-refractivity contribution in [2.45, 2.75) is 19.6 Å². The predicted molar refractivity (Wildman–Crippen MR) is 134 cm³/mol. The molecule has 0 saturated carbocycles. The highest BCUT2D eigenvalue weighted by molar-refractivity contribution is 7.87. The number of hydrogen-bond acceptors (Lipinski definition) is 6. The average Bonchev–Trinajstić information content (AvgIpc) is 2.87. The SMILES string of the molecule is COc1ccc2cc(COc3ccc(N4CCN(S(=O)(=O)NC(C)C(=O)O)CC4)cc3)ccc2c1. The van der Waals surface area contributed by atoms with Crippen molar-refractivity contribution in [3.8, 4) is 11.5 Å². The van der Waals surface area contributed by atoms with Crippen LogP contribution in [0, 0.1) is 0 Å². The minimum atomic E-state index is -3.84. The number of anilines is 1. The average molecular weight is 500 g/mol. The molecule has 1 aliphatic rings. The highest BCUT2D eigenvalue weighted by Gasteiger charge is 2.29. The van der Waals surface area contributed by atoms with E-state index in [2.05, 4.69) is 21.8 Å². The van der Waals surface area contributed by atoms with E-state index in [1.165, 1.54) is 11.2 Å². The summed E-state index contributed by atoms with van der Waals surface area (Å²) in [5.41, 5.74) is 2.04. The second kappa shape index (κ2) is 10.5. The summed E-state index contributed by atoms with van der Waals surface area (Å²) >= 11 is 0. The lowest BCUT2D eigenvalue weighted by atomic mass is 10.1. The van der Waals surface area contributed by atoms with Gasteiger partial charge in [0.25, 0.3) is 10.2 Å². The normalized spacial score (nSPS) is 15.7. The van der Waals surface area contributed by atoms with Crippen LogP contribution in [0.1, 0.15) is 12.5 Å². The number of piperazine rings is 1. The summed E-state index contributed by atoms with van der Waals surface area (Å²) in [6.07, 6.45) is 0. The van der Waals surface area contributed by atoms with Gasteiger partial charge < -0.3 is 19.5 Å². The molecule has 4 rings (SSSR count). The summed E-state index contributed by atoms with van der Waals surface area (Å²) in [4.78, 5) is 13.0. The fraction of sp³-hybridized carbons (Fsp3) is 0.320. The van der Waals surface area contributed by atoms with Crippen LogP contribution in [-0.4, -0.2) is 63.1 Å². The Balaban J connectivity index is 1.31. The number of methoxy groups -OCH3 is 1. The molecule has 2 N–H and O–H groups in total. The molecule has 1 aliphatic heterocycles. The van der Waals surface area contributed by atoms with E-state index in [0.717, 1.165) is 33.5 Å². The number of benzene rings is 3. The maximum atomic E-state index is 12.4. The van der Waals surface area contributed by atoms with Crippen LogP contribution < -0.4 is 19.1 Å². The third-order valence-electron chi connectivity index (χ3n) is 5.99. The van der Waals surface area contributed by atoms with Crippen LogP contribution in [-0.2, 0) is 21.6 Å². The van der Waals surface area contributed by atoms with Gasteiger partial charge in [0, 0.05) is 31.9 Å². The Kier molecular flexibility index (Phi) is 7.44. The van der Waals surface area contributed by atoms with Crippen molar-refractivity contribution >= 4 is 32.6 Å². The largest absolute Gasteiger partial charge is 0.497 e. The maximum absolute atomic E-state index is 12.4. The van der Waals surface area contributed by atoms with Crippen molar-refractivity contribution < 1.29 is 27.8 Å². The summed E-state index contributed by atoms with van der Waals surface area (Å²) < 4.78 is 39.5. The number of carbonyl (C=O) groups is 1. The molecule has 0 amide bonds. The molecular weight excluding hydrogens is 470 g/mol. The Bertz CT molecular complexity index is 1290. The highest BCUT2D eigenvalue weighted by Crippen LogP contribution is 2.24. The Morgan fingerprint density at radius 3 is 2.26 bits per heavy atom. The van der Waals surface area contributed by atoms with Gasteiger partial charge in [-0.1, -0.05) is 18.2 Å². The smallest absolute Gasteiger partial charge is 0.321 e. The first-order valence-corrected chi connectivity index (χ1v) is 12.7. The predicted octanol–water partition coefficient (Wildman–Crippen LogP) is 2.86. The number of rotatable bonds is 9. The lowest BCUT2D eigenvalue weighted by Gasteiger charge is -2.35. The van der Waals surface area contributed by atoms with Gasteiger partial charge in [0.2, 0.25) is 0 Å². The Morgan fingerprint density at radius 2 is 1.60 bits per heavy atom. The van der Waals surface area contributed by atoms with Gasteiger partial charge in [0.05, 0.1) is 7.11 Å². The number of ether oxygens (including phenoxy) is 2. The van der Waals surface area contributed by atoms with E-state index in [4.69, 9.17) is 14.6 Å². The third-order valence-corrected chi connectivity index (χ3v) is 7.69. The zero-order valence-corrected chi connectivity index (χ0v) is 20.5. The van der Waals surface area contributed by atoms with Gasteiger partial charge in [-0.25, -0.2) is 0 Å². The number of hydrogen-bond donors (Lipinski definition) is 2. The summed E-state index contributed by atoms with van der Waals surface area (Å²) in [5.74, 6) is 0.363. The van der Waals surface area contributed by atoms with Crippen LogP contribution in [0.25, 0.3) is 10.8 Å². The molecule has 1 saturated heterocycles. The lowest BCUT2D eigenvalue weighted by Crippen LogP contribution is -2.54. The van der Waals surface area contributed by atoms with Crippen molar-refractivity contribution in [1.82, 2.24) is 9.03 Å². The monoisotopic (exact) mass is 499 g/mol. The van der Waals surface area contributed by atoms with Crippen LogP contribution in [0.5, 0.6) is 11.5 Å². The Labute approximate surface area is 205 Å². The van der Waals surface area contributed by atoms with Crippen LogP contribution >= 0.6 is 0 Å². The van der Waals surface area contributed by atoms with Gasteiger partial charge >= 0.3 is 5.97 Å². The van der Waals surface area contributed by atoms with E-state index in [-0.39, 0.29) is 13.1 Å². The van der Waals surface area contributed by atoms with E-state index >= 15 is 0 Å². The minimum Gasteiger partial charge on any atom is -0.497 e. The van der Waals surface area contributed by atoms with Crippen molar-refractivity contribution in [2.75, 3.05) is 38.2 Å². The molecule has 1 unspecified atom stereocenters. The van der Waals surface area contributed by atoms with E-state index in [0.29, 0.717) is 19.7 Å². The molecule has 35 heavy (non-hydrogen) atoms. The standard InChI is InChI=1S/C25H29N3O6S/c1-18(25(29)30)26-35(31,32)28-13-11-27(12-14-28)22-6-9-23(10-7-22)34-17-19-3-4-21-16-24(33-2)8-5-20(21)15-19/h3-10,15-16,18,26H,11-14,17H2,1-2H3,(H,29,30). The molecule has 1 fully saturated rings. The molecule has 0 aromatic heterocycles. The van der Waals surface area contributed by atoms with Crippen molar-refractivity contribution in [3.63, 3.8) is 0 Å². The van der Waals surface area contributed by atoms with Crippen LogP contribution in [0.4, 0.5) is 5.69 Å². The van der Waals surface area contributed by atoms with Gasteiger partial charge in [-0.15, -0.1) is 0 Å². The quantitative estimate of drug-likeness (QED) is 0.466. The molecule has 0 spiro atoms. The first-order valence-electron chi connectivity index (χ1n) is 11.3. The van der Waals surface area contributed by atoms with E-state index < -0.39 is 22.2 Å². The summed E-state index contributed by atoms with van der Waals surface area (Å²) in [6.45, 7) is 3.30. The zero-order chi connectivity index (χ0) is 25.0. The van der Waals surface area contributed by atoms with Crippen molar-refractivity contribution in [2.24, 2.45) is 0 Å². The molecule has 0 aliphatic carbocycles. The zero-order valence-electron chi connectivity index (χ0n) is 19.7. The van der Waals surface area contributed by atoms with Crippen LogP contribution in [0.15, 0.2) is 60.7 Å². The fourth-order valence-corrected chi connectivity index (χ4v) is 5.29. The van der Waals surface area contributed by atoms with Gasteiger partial charge in [-0.3, -0.25) is 4.79 Å². The summed E-state index contributed by atoms with van der Waals surface area (Å²) in [5, 5.41) is 11.2. The van der Waals surface area contributed by atoms with Gasteiger partial charge in [-0.2, -0.15) is 17.4 Å². The maximum Gasteiger partial charge on any atom is 0.321 e. The topological polar surface area (TPSA) is 108 Å². The lowest BCUT2D eigenvalue weighted by molar-refractivity contribution is -0.138. The number of carboxylic acids is 1. The molecule has 0 radical (unpaired) electrons. The summed E-state index contributed by atoms with van der Waals surface area (Å²) in [6, 6.07) is 18.7. The fourth-order valence-electron chi connectivity index (χ4n) is 3.94. The third kappa shape index (κ3) is 6.02. The number of fused-ring (bicyclic) bond motifs is 1. The number of aliphatic carboxylic acids is 1. The first kappa shape index (κ1) is 24.8. The van der Waals surface area contributed by atoms with Crippen LogP contribution in [0.2, 0.25) is 0 Å². The molecule has 0 bridgehead atoms. The molecular formula is C25H29N3O6S. The molecule has 1 heterocycles. The Hall–Kier alpha value is -3.34. The molecule has 10 heteroatoms. The number of carboxylic acid groups (broad SMARTS) is 1. The number of nitrogens with one attached hydrogen (secondary N) is 1. The molecule has 3 aromatic carbocycles.